The van der Waals surface area contributed by atoms with E-state index in [1.807, 2.05) is 0 Å². The smallest absolute Gasteiger partial charge is 0.228 e. The quantitative estimate of drug-likeness (QED) is 0.709. The van der Waals surface area contributed by atoms with Gasteiger partial charge in [0.2, 0.25) is 5.89 Å². The normalized spacial score (nSPS) is 16.9. The van der Waals surface area contributed by atoms with Crippen LogP contribution in [-0.2, 0) is 22.3 Å². The molecule has 0 bridgehead atoms. The highest BCUT2D eigenvalue weighted by Gasteiger charge is 2.13. The lowest BCUT2D eigenvalue weighted by molar-refractivity contribution is 0.0322. The second-order valence-corrected chi connectivity index (χ2v) is 4.77. The molecule has 0 aliphatic carbocycles. The molecule has 0 atom stereocenters. The zero-order valence-corrected chi connectivity index (χ0v) is 11.6. The maximum atomic E-state index is 5.81. The summed E-state index contributed by atoms with van der Waals surface area (Å²) in [5.41, 5.74) is 0. The minimum absolute atomic E-state index is 0.380. The number of nitrogens with one attached hydrogen (secondary N) is 1. The van der Waals surface area contributed by atoms with Crippen molar-refractivity contribution in [3.05, 3.63) is 11.7 Å². The molecular weight excluding hydrogens is 246 g/mol. The number of rotatable bonds is 8. The molecule has 1 aliphatic heterocycles. The van der Waals surface area contributed by atoms with Crippen LogP contribution in [0.15, 0.2) is 4.52 Å². The highest BCUT2D eigenvalue weighted by Crippen LogP contribution is 2.08. The van der Waals surface area contributed by atoms with Gasteiger partial charge in [0.15, 0.2) is 5.82 Å². The van der Waals surface area contributed by atoms with Crippen molar-refractivity contribution in [1.82, 2.24) is 15.5 Å². The Balaban J connectivity index is 1.62. The van der Waals surface area contributed by atoms with Gasteiger partial charge in [-0.25, -0.2) is 0 Å². The molecule has 0 radical (unpaired) electrons. The van der Waals surface area contributed by atoms with Crippen molar-refractivity contribution in [3.63, 3.8) is 0 Å². The van der Waals surface area contributed by atoms with E-state index in [2.05, 4.69) is 15.5 Å². The Morgan fingerprint density at radius 2 is 2.11 bits per heavy atom. The van der Waals surface area contributed by atoms with Gasteiger partial charge in [-0.2, -0.15) is 4.98 Å². The van der Waals surface area contributed by atoms with Gasteiger partial charge in [-0.1, -0.05) is 5.16 Å². The molecule has 108 valence electrons. The molecule has 6 heteroatoms. The van der Waals surface area contributed by atoms with Crippen LogP contribution < -0.4 is 5.32 Å². The average Bonchev–Trinajstić information content (AvgIpc) is 2.88. The van der Waals surface area contributed by atoms with Gasteiger partial charge in [-0.05, 0) is 32.4 Å². The van der Waals surface area contributed by atoms with Crippen LogP contribution in [0.2, 0.25) is 0 Å². The van der Waals surface area contributed by atoms with Gasteiger partial charge in [0.1, 0.15) is 0 Å². The summed E-state index contributed by atoms with van der Waals surface area (Å²) in [6.45, 7) is 3.48. The van der Waals surface area contributed by atoms with Crippen LogP contribution in [0.5, 0.6) is 0 Å². The summed E-state index contributed by atoms with van der Waals surface area (Å²) in [7, 11) is 1.69. The summed E-state index contributed by atoms with van der Waals surface area (Å²) in [4.78, 5) is 4.34. The van der Waals surface area contributed by atoms with Crippen LogP contribution in [0.1, 0.15) is 31.0 Å². The number of nitrogens with zero attached hydrogens (tertiary/aromatic N) is 2. The molecule has 0 unspecified atom stereocenters. The Morgan fingerprint density at radius 1 is 1.26 bits per heavy atom. The first-order chi connectivity index (χ1) is 9.38. The minimum atomic E-state index is 0.380. The average molecular weight is 269 g/mol. The van der Waals surface area contributed by atoms with E-state index in [0.717, 1.165) is 51.2 Å². The Morgan fingerprint density at radius 3 is 2.89 bits per heavy atom. The van der Waals surface area contributed by atoms with Crippen molar-refractivity contribution in [2.75, 3.05) is 33.4 Å². The number of hydrogen-bond donors (Lipinski definition) is 1. The van der Waals surface area contributed by atoms with Crippen molar-refractivity contribution in [3.8, 4) is 0 Å². The highest BCUT2D eigenvalue weighted by atomic mass is 16.5. The van der Waals surface area contributed by atoms with E-state index in [-0.39, 0.29) is 0 Å². The number of piperidine rings is 1. The monoisotopic (exact) mass is 269 g/mol. The lowest BCUT2D eigenvalue weighted by Gasteiger charge is -2.22. The molecule has 19 heavy (non-hydrogen) atoms. The molecule has 2 rings (SSSR count). The van der Waals surface area contributed by atoms with Crippen LogP contribution in [-0.4, -0.2) is 49.7 Å². The first-order valence-corrected chi connectivity index (χ1v) is 7.01. The number of aryl methyl sites for hydroxylation is 1. The number of aromatic nitrogens is 2. The van der Waals surface area contributed by atoms with Gasteiger partial charge in [0.05, 0.1) is 19.1 Å². The molecule has 2 heterocycles. The van der Waals surface area contributed by atoms with E-state index in [1.54, 1.807) is 7.11 Å². The minimum Gasteiger partial charge on any atom is -0.385 e. The second-order valence-electron chi connectivity index (χ2n) is 4.77. The third kappa shape index (κ3) is 5.26. The van der Waals surface area contributed by atoms with E-state index >= 15 is 0 Å². The van der Waals surface area contributed by atoms with Gasteiger partial charge in [0.25, 0.3) is 0 Å². The van der Waals surface area contributed by atoms with Gasteiger partial charge in [-0.15, -0.1) is 0 Å². The highest BCUT2D eigenvalue weighted by molar-refractivity contribution is 4.86. The van der Waals surface area contributed by atoms with Crippen molar-refractivity contribution >= 4 is 0 Å². The molecule has 1 saturated heterocycles. The largest absolute Gasteiger partial charge is 0.385 e. The first kappa shape index (κ1) is 14.4. The summed E-state index contributed by atoms with van der Waals surface area (Å²) < 4.78 is 16.0. The molecule has 1 aromatic rings. The van der Waals surface area contributed by atoms with Crippen LogP contribution in [0.4, 0.5) is 0 Å². The molecule has 0 saturated carbocycles. The van der Waals surface area contributed by atoms with Crippen LogP contribution in [0.25, 0.3) is 0 Å². The van der Waals surface area contributed by atoms with Crippen molar-refractivity contribution in [1.29, 1.82) is 0 Å². The second kappa shape index (κ2) is 8.24. The van der Waals surface area contributed by atoms with E-state index in [9.17, 15) is 0 Å². The van der Waals surface area contributed by atoms with Crippen molar-refractivity contribution < 1.29 is 14.0 Å². The fourth-order valence-corrected chi connectivity index (χ4v) is 2.14. The van der Waals surface area contributed by atoms with E-state index < -0.39 is 0 Å². The Labute approximate surface area is 113 Å². The molecule has 1 N–H and O–H groups in total. The number of ether oxygens (including phenoxy) is 2. The predicted octanol–water partition coefficient (Wildman–Crippen LogP) is 0.960. The first-order valence-electron chi connectivity index (χ1n) is 7.01. The molecule has 1 fully saturated rings. The van der Waals surface area contributed by atoms with Crippen LogP contribution in [0.3, 0.4) is 0 Å². The molecular formula is C13H23N3O3. The van der Waals surface area contributed by atoms with Crippen LogP contribution >= 0.6 is 0 Å². The Kier molecular flexibility index (Phi) is 6.26. The lowest BCUT2D eigenvalue weighted by Crippen LogP contribution is -2.32. The molecule has 0 aromatic carbocycles. The topological polar surface area (TPSA) is 69.4 Å². The third-order valence-electron chi connectivity index (χ3n) is 3.21. The molecule has 6 nitrogen and oxygen atoms in total. The fourth-order valence-electron chi connectivity index (χ4n) is 2.14. The van der Waals surface area contributed by atoms with E-state index in [1.165, 1.54) is 0 Å². The summed E-state index contributed by atoms with van der Waals surface area (Å²) in [6, 6.07) is 0. The molecule has 1 aromatic heterocycles. The summed E-state index contributed by atoms with van der Waals surface area (Å²) >= 11 is 0. The standard InChI is InChI=1S/C13H23N3O3/c1-17-9-2-3-12-15-13(19-16-12)6-10-18-11-4-7-14-8-5-11/h11,14H,2-10H2,1H3. The number of methoxy groups -OCH3 is 1. The molecule has 0 amide bonds. The zero-order valence-electron chi connectivity index (χ0n) is 11.6. The van der Waals surface area contributed by atoms with E-state index in [4.69, 9.17) is 14.0 Å². The maximum Gasteiger partial charge on any atom is 0.228 e. The van der Waals surface area contributed by atoms with Crippen LogP contribution in [0, 0.1) is 0 Å². The molecule has 1 aliphatic rings. The van der Waals surface area contributed by atoms with Crippen molar-refractivity contribution in [2.24, 2.45) is 0 Å². The summed E-state index contributed by atoms with van der Waals surface area (Å²) in [6.07, 6.45) is 4.97. The number of hydrogen-bond acceptors (Lipinski definition) is 6. The van der Waals surface area contributed by atoms with Gasteiger partial charge < -0.3 is 19.3 Å². The zero-order chi connectivity index (χ0) is 13.3. The predicted molar refractivity (Wildman–Crippen MR) is 70.0 cm³/mol. The lowest BCUT2D eigenvalue weighted by atomic mass is 10.1. The van der Waals surface area contributed by atoms with Gasteiger partial charge >= 0.3 is 0 Å². The third-order valence-corrected chi connectivity index (χ3v) is 3.21. The SMILES string of the molecule is COCCCc1noc(CCOC2CCNCC2)n1. The van der Waals surface area contributed by atoms with Gasteiger partial charge in [0, 0.05) is 20.1 Å². The summed E-state index contributed by atoms with van der Waals surface area (Å²) in [5.74, 6) is 1.43. The fraction of sp³-hybridized carbons (Fsp3) is 0.846. The summed E-state index contributed by atoms with van der Waals surface area (Å²) in [5, 5.41) is 7.27. The molecule has 0 spiro atoms. The Hall–Kier alpha value is -0.980. The van der Waals surface area contributed by atoms with E-state index in [0.29, 0.717) is 25.0 Å². The maximum absolute atomic E-state index is 5.81. The van der Waals surface area contributed by atoms with Gasteiger partial charge in [-0.3, -0.25) is 0 Å². The van der Waals surface area contributed by atoms with Crippen molar-refractivity contribution in [2.45, 2.75) is 38.2 Å². The Bertz CT molecular complexity index is 351.